The van der Waals surface area contributed by atoms with Gasteiger partial charge in [-0.2, -0.15) is 0 Å². The van der Waals surface area contributed by atoms with Crippen molar-refractivity contribution in [2.75, 3.05) is 7.05 Å². The maximum absolute atomic E-state index is 12.3. The average molecular weight is 249 g/mol. The number of aromatic nitrogens is 1. The van der Waals surface area contributed by atoms with Crippen LogP contribution in [-0.4, -0.2) is 28.9 Å². The molecule has 0 aliphatic rings. The molecule has 1 aromatic rings. The van der Waals surface area contributed by atoms with Crippen LogP contribution >= 0.6 is 0 Å². The van der Waals surface area contributed by atoms with Crippen LogP contribution in [0.5, 0.6) is 0 Å². The van der Waals surface area contributed by atoms with Crippen molar-refractivity contribution in [3.8, 4) is 0 Å². The first kappa shape index (κ1) is 14.6. The van der Waals surface area contributed by atoms with Gasteiger partial charge in [-0.15, -0.1) is 0 Å². The van der Waals surface area contributed by atoms with E-state index < -0.39 is 0 Å². The monoisotopic (exact) mass is 249 g/mol. The fourth-order valence-corrected chi connectivity index (χ4v) is 1.61. The van der Waals surface area contributed by atoms with Crippen molar-refractivity contribution in [1.29, 1.82) is 0 Å². The third kappa shape index (κ3) is 3.29. The summed E-state index contributed by atoms with van der Waals surface area (Å²) >= 11 is 0. The number of pyridine rings is 1. The zero-order chi connectivity index (χ0) is 13.9. The molecule has 0 aliphatic carbocycles. The second-order valence-corrected chi connectivity index (χ2v) is 5.71. The van der Waals surface area contributed by atoms with Gasteiger partial charge in [-0.3, -0.25) is 9.78 Å². The smallest absolute Gasteiger partial charge is 0.272 e. The van der Waals surface area contributed by atoms with Crippen molar-refractivity contribution in [3.05, 3.63) is 29.6 Å². The van der Waals surface area contributed by atoms with Gasteiger partial charge in [0.25, 0.3) is 5.91 Å². The van der Waals surface area contributed by atoms with E-state index in [1.54, 1.807) is 17.2 Å². The maximum atomic E-state index is 12.3. The summed E-state index contributed by atoms with van der Waals surface area (Å²) in [5.41, 5.74) is 6.94. The van der Waals surface area contributed by atoms with Gasteiger partial charge in [-0.25, -0.2) is 0 Å². The van der Waals surface area contributed by atoms with Crippen molar-refractivity contribution in [2.45, 2.75) is 40.3 Å². The molecule has 2 N–H and O–H groups in total. The van der Waals surface area contributed by atoms with E-state index >= 15 is 0 Å². The van der Waals surface area contributed by atoms with Crippen LogP contribution in [0.1, 0.15) is 43.7 Å². The standard InChI is InChI=1S/C14H23N3O/c1-10(14(2,3)4)17(5)13(18)12-7-6-11(8-15)9-16-12/h6-7,9-10H,8,15H2,1-5H3. The normalized spacial score (nSPS) is 13.2. The third-order valence-electron chi connectivity index (χ3n) is 3.43. The molecule has 18 heavy (non-hydrogen) atoms. The summed E-state index contributed by atoms with van der Waals surface area (Å²) in [6.07, 6.45) is 1.66. The number of carbonyl (C=O) groups excluding carboxylic acids is 1. The van der Waals surface area contributed by atoms with E-state index in [0.29, 0.717) is 12.2 Å². The summed E-state index contributed by atoms with van der Waals surface area (Å²) in [4.78, 5) is 18.2. The molecule has 4 heteroatoms. The van der Waals surface area contributed by atoms with Gasteiger partial charge in [-0.05, 0) is 24.0 Å². The molecule has 0 radical (unpaired) electrons. The van der Waals surface area contributed by atoms with E-state index in [4.69, 9.17) is 5.73 Å². The lowest BCUT2D eigenvalue weighted by Gasteiger charge is -2.35. The van der Waals surface area contributed by atoms with Gasteiger partial charge < -0.3 is 10.6 Å². The minimum atomic E-state index is -0.0546. The molecule has 0 saturated heterocycles. The number of carbonyl (C=O) groups is 1. The van der Waals surface area contributed by atoms with E-state index in [0.717, 1.165) is 5.56 Å². The lowest BCUT2D eigenvalue weighted by molar-refractivity contribution is 0.0623. The quantitative estimate of drug-likeness (QED) is 0.892. The molecule has 0 aromatic carbocycles. The van der Waals surface area contributed by atoms with E-state index in [9.17, 15) is 4.79 Å². The van der Waals surface area contributed by atoms with Crippen LogP contribution < -0.4 is 5.73 Å². The Morgan fingerprint density at radius 3 is 2.44 bits per heavy atom. The molecule has 0 bridgehead atoms. The van der Waals surface area contributed by atoms with Crippen molar-refractivity contribution >= 4 is 5.91 Å². The second-order valence-electron chi connectivity index (χ2n) is 5.71. The number of hydrogen-bond donors (Lipinski definition) is 1. The first-order valence-corrected chi connectivity index (χ1v) is 6.19. The minimum absolute atomic E-state index is 0.0433. The van der Waals surface area contributed by atoms with Gasteiger partial charge in [0, 0.05) is 25.8 Å². The van der Waals surface area contributed by atoms with Crippen molar-refractivity contribution in [1.82, 2.24) is 9.88 Å². The highest BCUT2D eigenvalue weighted by Gasteiger charge is 2.27. The average Bonchev–Trinajstić information content (AvgIpc) is 2.35. The predicted molar refractivity (Wildman–Crippen MR) is 73.1 cm³/mol. The summed E-state index contributed by atoms with van der Waals surface area (Å²) < 4.78 is 0. The Balaban J connectivity index is 2.86. The van der Waals surface area contributed by atoms with Crippen molar-refractivity contribution in [2.24, 2.45) is 11.1 Å². The largest absolute Gasteiger partial charge is 0.337 e. The Hall–Kier alpha value is -1.42. The number of nitrogens with zero attached hydrogens (tertiary/aromatic N) is 2. The summed E-state index contributed by atoms with van der Waals surface area (Å²) in [5, 5.41) is 0. The van der Waals surface area contributed by atoms with E-state index in [1.807, 2.05) is 20.0 Å². The highest BCUT2D eigenvalue weighted by Crippen LogP contribution is 2.23. The molecule has 1 atom stereocenters. The maximum Gasteiger partial charge on any atom is 0.272 e. The third-order valence-corrected chi connectivity index (χ3v) is 3.43. The molecule has 4 nitrogen and oxygen atoms in total. The lowest BCUT2D eigenvalue weighted by atomic mass is 9.87. The molecule has 1 unspecified atom stereocenters. The minimum Gasteiger partial charge on any atom is -0.337 e. The van der Waals surface area contributed by atoms with E-state index in [1.165, 1.54) is 0 Å². The molecule has 1 aromatic heterocycles. The Labute approximate surface area is 109 Å². The molecule has 0 fully saturated rings. The zero-order valence-electron chi connectivity index (χ0n) is 11.9. The number of nitrogens with two attached hydrogens (primary N) is 1. The predicted octanol–water partition coefficient (Wildman–Crippen LogP) is 2.05. The Morgan fingerprint density at radius 2 is 2.06 bits per heavy atom. The summed E-state index contributed by atoms with van der Waals surface area (Å²) in [7, 11) is 1.82. The summed E-state index contributed by atoms with van der Waals surface area (Å²) in [6.45, 7) is 8.84. The number of hydrogen-bond acceptors (Lipinski definition) is 3. The van der Waals surface area contributed by atoms with Gasteiger partial charge in [0.2, 0.25) is 0 Å². The molecule has 0 saturated carbocycles. The molecule has 0 aliphatic heterocycles. The van der Waals surface area contributed by atoms with Crippen LogP contribution in [0.25, 0.3) is 0 Å². The fourth-order valence-electron chi connectivity index (χ4n) is 1.61. The van der Waals surface area contributed by atoms with Crippen LogP contribution in [0.2, 0.25) is 0 Å². The van der Waals surface area contributed by atoms with Gasteiger partial charge in [0.15, 0.2) is 0 Å². The van der Waals surface area contributed by atoms with E-state index in [2.05, 4.69) is 25.8 Å². The number of rotatable bonds is 3. The van der Waals surface area contributed by atoms with Crippen LogP contribution in [0.3, 0.4) is 0 Å². The summed E-state index contributed by atoms with van der Waals surface area (Å²) in [6, 6.07) is 3.72. The van der Waals surface area contributed by atoms with E-state index in [-0.39, 0.29) is 17.4 Å². The molecule has 1 rings (SSSR count). The van der Waals surface area contributed by atoms with Crippen molar-refractivity contribution in [3.63, 3.8) is 0 Å². The zero-order valence-corrected chi connectivity index (χ0v) is 11.9. The molecule has 100 valence electrons. The number of amides is 1. The van der Waals surface area contributed by atoms with Crippen LogP contribution in [-0.2, 0) is 6.54 Å². The lowest BCUT2D eigenvalue weighted by Crippen LogP contribution is -2.43. The summed E-state index contributed by atoms with van der Waals surface area (Å²) in [5.74, 6) is -0.0546. The highest BCUT2D eigenvalue weighted by molar-refractivity contribution is 5.92. The molecular weight excluding hydrogens is 226 g/mol. The highest BCUT2D eigenvalue weighted by atomic mass is 16.2. The molecule has 1 heterocycles. The van der Waals surface area contributed by atoms with Crippen molar-refractivity contribution < 1.29 is 4.79 Å². The molecular formula is C14H23N3O. The van der Waals surface area contributed by atoms with Gasteiger partial charge >= 0.3 is 0 Å². The fraction of sp³-hybridized carbons (Fsp3) is 0.571. The topological polar surface area (TPSA) is 59.2 Å². The second kappa shape index (κ2) is 5.48. The first-order chi connectivity index (χ1) is 8.27. The Morgan fingerprint density at radius 1 is 1.44 bits per heavy atom. The van der Waals surface area contributed by atoms with Gasteiger partial charge in [0.1, 0.15) is 5.69 Å². The SMILES string of the molecule is CC(N(C)C(=O)c1ccc(CN)cn1)C(C)(C)C. The molecule has 1 amide bonds. The first-order valence-electron chi connectivity index (χ1n) is 6.19. The van der Waals surface area contributed by atoms with Crippen LogP contribution in [0, 0.1) is 5.41 Å². The van der Waals surface area contributed by atoms with Crippen LogP contribution in [0.15, 0.2) is 18.3 Å². The van der Waals surface area contributed by atoms with Gasteiger partial charge in [-0.1, -0.05) is 26.8 Å². The van der Waals surface area contributed by atoms with Crippen LogP contribution in [0.4, 0.5) is 0 Å². The Kier molecular flexibility index (Phi) is 4.46. The molecule has 0 spiro atoms. The Bertz CT molecular complexity index is 406. The van der Waals surface area contributed by atoms with Gasteiger partial charge in [0.05, 0.1) is 0 Å².